The van der Waals surface area contributed by atoms with E-state index in [2.05, 4.69) is 25.4 Å². The summed E-state index contributed by atoms with van der Waals surface area (Å²) in [6, 6.07) is 5.95. The van der Waals surface area contributed by atoms with Crippen LogP contribution in [0.2, 0.25) is 0 Å². The lowest BCUT2D eigenvalue weighted by Gasteiger charge is -2.30. The highest BCUT2D eigenvalue weighted by molar-refractivity contribution is 5.45. The molecule has 1 aliphatic rings. The maximum absolute atomic E-state index is 5.33. The van der Waals surface area contributed by atoms with Crippen molar-refractivity contribution < 1.29 is 4.52 Å². The van der Waals surface area contributed by atoms with Crippen molar-refractivity contribution in [1.29, 1.82) is 0 Å². The van der Waals surface area contributed by atoms with E-state index in [4.69, 9.17) is 4.52 Å². The predicted molar refractivity (Wildman–Crippen MR) is 93.6 cm³/mol. The topological polar surface area (TPSA) is 75.6 Å². The second-order valence-electron chi connectivity index (χ2n) is 6.90. The van der Waals surface area contributed by atoms with Crippen LogP contribution in [0, 0.1) is 6.92 Å². The minimum Gasteiger partial charge on any atom is -0.361 e. The first kappa shape index (κ1) is 16.0. The number of aromatic nitrogens is 5. The second kappa shape index (κ2) is 6.44. The molecule has 0 aliphatic carbocycles. The molecule has 0 atom stereocenters. The van der Waals surface area contributed by atoms with Gasteiger partial charge in [0.2, 0.25) is 0 Å². The number of hydrogen-bond donors (Lipinski definition) is 0. The Morgan fingerprint density at radius 2 is 2.00 bits per heavy atom. The third kappa shape index (κ3) is 3.21. The smallest absolute Gasteiger partial charge is 0.178 e. The molecule has 3 aromatic rings. The molecule has 0 unspecified atom stereocenters. The molecule has 4 rings (SSSR count). The summed E-state index contributed by atoms with van der Waals surface area (Å²) < 4.78 is 7.22. The van der Waals surface area contributed by atoms with Crippen molar-refractivity contribution in [3.05, 3.63) is 35.5 Å². The van der Waals surface area contributed by atoms with Crippen molar-refractivity contribution in [3.8, 4) is 0 Å². The molecule has 1 aliphatic heterocycles. The molecule has 8 heteroatoms. The predicted octanol–water partition coefficient (Wildman–Crippen LogP) is 1.87. The number of fused-ring (bicyclic) bond motifs is 1. The molecule has 4 heterocycles. The molecule has 25 heavy (non-hydrogen) atoms. The average Bonchev–Trinajstić information content (AvgIpc) is 3.21. The van der Waals surface area contributed by atoms with Crippen molar-refractivity contribution in [2.24, 2.45) is 0 Å². The van der Waals surface area contributed by atoms with Crippen LogP contribution in [0.15, 0.2) is 22.7 Å². The van der Waals surface area contributed by atoms with E-state index in [-0.39, 0.29) is 0 Å². The molecular formula is C17H23N7O. The van der Waals surface area contributed by atoms with Gasteiger partial charge in [-0.3, -0.25) is 4.90 Å². The molecule has 1 fully saturated rings. The SMILES string of the molecule is Cc1cc(CN2CCC(c3nnc4ccc(N(C)C)nn34)CC2)on1. The quantitative estimate of drug-likeness (QED) is 0.717. The van der Waals surface area contributed by atoms with E-state index in [9.17, 15) is 0 Å². The molecule has 0 aromatic carbocycles. The Morgan fingerprint density at radius 3 is 2.68 bits per heavy atom. The van der Waals surface area contributed by atoms with Crippen LogP contribution < -0.4 is 4.90 Å². The van der Waals surface area contributed by atoms with Gasteiger partial charge in [0.15, 0.2) is 17.2 Å². The zero-order valence-corrected chi connectivity index (χ0v) is 14.9. The van der Waals surface area contributed by atoms with Crippen LogP contribution in [0.3, 0.4) is 0 Å². The first-order valence-corrected chi connectivity index (χ1v) is 8.64. The summed E-state index contributed by atoms with van der Waals surface area (Å²) >= 11 is 0. The van der Waals surface area contributed by atoms with Gasteiger partial charge in [0, 0.05) is 26.1 Å². The second-order valence-corrected chi connectivity index (χ2v) is 6.90. The molecule has 0 N–H and O–H groups in total. The van der Waals surface area contributed by atoms with E-state index in [0.717, 1.165) is 61.2 Å². The maximum atomic E-state index is 5.33. The molecule has 132 valence electrons. The number of piperidine rings is 1. The van der Waals surface area contributed by atoms with Crippen molar-refractivity contribution in [3.63, 3.8) is 0 Å². The Labute approximate surface area is 146 Å². The van der Waals surface area contributed by atoms with Gasteiger partial charge in [0.05, 0.1) is 12.2 Å². The van der Waals surface area contributed by atoms with E-state index in [1.54, 1.807) is 0 Å². The van der Waals surface area contributed by atoms with Crippen LogP contribution in [0.1, 0.15) is 36.0 Å². The van der Waals surface area contributed by atoms with E-state index < -0.39 is 0 Å². The fraction of sp³-hybridized carbons (Fsp3) is 0.529. The number of rotatable bonds is 4. The minimum absolute atomic E-state index is 0.382. The van der Waals surface area contributed by atoms with Crippen LogP contribution in [0.4, 0.5) is 5.82 Å². The third-order valence-electron chi connectivity index (χ3n) is 4.74. The summed E-state index contributed by atoms with van der Waals surface area (Å²) in [4.78, 5) is 4.39. The van der Waals surface area contributed by atoms with Gasteiger partial charge >= 0.3 is 0 Å². The monoisotopic (exact) mass is 341 g/mol. The van der Waals surface area contributed by atoms with Crippen LogP contribution in [-0.2, 0) is 6.54 Å². The summed E-state index contributed by atoms with van der Waals surface area (Å²) in [5.41, 5.74) is 1.74. The fourth-order valence-electron chi connectivity index (χ4n) is 3.35. The Morgan fingerprint density at radius 1 is 1.20 bits per heavy atom. The van der Waals surface area contributed by atoms with Crippen molar-refractivity contribution in [2.45, 2.75) is 32.2 Å². The van der Waals surface area contributed by atoms with Gasteiger partial charge in [-0.15, -0.1) is 15.3 Å². The fourth-order valence-corrected chi connectivity index (χ4v) is 3.35. The Kier molecular flexibility index (Phi) is 4.12. The molecule has 0 amide bonds. The molecular weight excluding hydrogens is 318 g/mol. The summed E-state index contributed by atoms with van der Waals surface area (Å²) in [6.45, 7) is 4.78. The van der Waals surface area contributed by atoms with E-state index in [1.165, 1.54) is 0 Å². The van der Waals surface area contributed by atoms with Gasteiger partial charge in [-0.2, -0.15) is 4.52 Å². The zero-order valence-electron chi connectivity index (χ0n) is 14.9. The number of likely N-dealkylation sites (tertiary alicyclic amines) is 1. The first-order chi connectivity index (χ1) is 12.1. The standard InChI is InChI=1S/C17H23N7O/c1-12-10-14(25-21-12)11-23-8-6-13(7-9-23)17-19-18-15-4-5-16(22(2)3)20-24(15)17/h4-5,10,13H,6-9,11H2,1-3H3. The van der Waals surface area contributed by atoms with Crippen molar-refractivity contribution in [2.75, 3.05) is 32.1 Å². The Balaban J connectivity index is 1.47. The van der Waals surface area contributed by atoms with Crippen LogP contribution in [-0.4, -0.2) is 57.1 Å². The lowest BCUT2D eigenvalue weighted by atomic mass is 9.96. The molecule has 0 bridgehead atoms. The molecule has 1 saturated heterocycles. The summed E-state index contributed by atoms with van der Waals surface area (Å²) in [7, 11) is 3.98. The highest BCUT2D eigenvalue weighted by Gasteiger charge is 2.25. The summed E-state index contributed by atoms with van der Waals surface area (Å²) in [6.07, 6.45) is 2.09. The molecule has 8 nitrogen and oxygen atoms in total. The molecule has 0 saturated carbocycles. The van der Waals surface area contributed by atoms with E-state index >= 15 is 0 Å². The van der Waals surface area contributed by atoms with Gasteiger partial charge in [0.1, 0.15) is 5.82 Å². The first-order valence-electron chi connectivity index (χ1n) is 8.64. The van der Waals surface area contributed by atoms with Gasteiger partial charge in [0.25, 0.3) is 0 Å². The highest BCUT2D eigenvalue weighted by atomic mass is 16.5. The van der Waals surface area contributed by atoms with E-state index in [0.29, 0.717) is 5.92 Å². The molecule has 3 aromatic heterocycles. The van der Waals surface area contributed by atoms with Crippen LogP contribution in [0.5, 0.6) is 0 Å². The largest absolute Gasteiger partial charge is 0.361 e. The normalized spacial score (nSPS) is 16.6. The number of hydrogen-bond acceptors (Lipinski definition) is 7. The van der Waals surface area contributed by atoms with Gasteiger partial charge in [-0.1, -0.05) is 5.16 Å². The summed E-state index contributed by atoms with van der Waals surface area (Å²) in [5.74, 6) is 3.19. The number of nitrogens with zero attached hydrogens (tertiary/aromatic N) is 7. The van der Waals surface area contributed by atoms with Crippen molar-refractivity contribution >= 4 is 11.5 Å². The van der Waals surface area contributed by atoms with Crippen LogP contribution in [0.25, 0.3) is 5.65 Å². The van der Waals surface area contributed by atoms with Crippen molar-refractivity contribution in [1.82, 2.24) is 29.9 Å². The van der Waals surface area contributed by atoms with Gasteiger partial charge in [-0.25, -0.2) is 0 Å². The molecule has 0 spiro atoms. The third-order valence-corrected chi connectivity index (χ3v) is 4.74. The zero-order chi connectivity index (χ0) is 17.4. The van der Waals surface area contributed by atoms with Crippen LogP contribution >= 0.6 is 0 Å². The maximum Gasteiger partial charge on any atom is 0.178 e. The highest BCUT2D eigenvalue weighted by Crippen LogP contribution is 2.28. The van der Waals surface area contributed by atoms with Gasteiger partial charge < -0.3 is 9.42 Å². The minimum atomic E-state index is 0.382. The lowest BCUT2D eigenvalue weighted by molar-refractivity contribution is 0.181. The Bertz CT molecular complexity index is 861. The number of aryl methyl sites for hydroxylation is 1. The lowest BCUT2D eigenvalue weighted by Crippen LogP contribution is -2.33. The average molecular weight is 341 g/mol. The molecule has 0 radical (unpaired) electrons. The summed E-state index contributed by atoms with van der Waals surface area (Å²) in [5, 5.41) is 17.3. The van der Waals surface area contributed by atoms with E-state index in [1.807, 2.05) is 48.6 Å². The Hall–Kier alpha value is -2.48. The number of anilines is 1. The van der Waals surface area contributed by atoms with Gasteiger partial charge in [-0.05, 0) is 45.0 Å².